The summed E-state index contributed by atoms with van der Waals surface area (Å²) < 4.78 is 9.27. The van der Waals surface area contributed by atoms with E-state index in [2.05, 4.69) is 12.2 Å². The Labute approximate surface area is 132 Å². The van der Waals surface area contributed by atoms with Gasteiger partial charge in [0.25, 0.3) is 5.91 Å². The molecule has 0 bridgehead atoms. The number of hydrogen-bond donors (Lipinski definition) is 1. The number of amides is 1. The highest BCUT2D eigenvalue weighted by Crippen LogP contribution is 2.36. The van der Waals surface area contributed by atoms with Crippen LogP contribution in [-0.2, 0) is 0 Å². The minimum absolute atomic E-state index is 0.358. The van der Waals surface area contributed by atoms with Crippen molar-refractivity contribution in [1.82, 2.24) is 5.32 Å². The smallest absolute Gasteiger partial charge is 0.258 e. The minimum atomic E-state index is -1.73. The van der Waals surface area contributed by atoms with Crippen molar-refractivity contribution in [2.45, 2.75) is 29.8 Å². The summed E-state index contributed by atoms with van der Waals surface area (Å²) in [6.07, 6.45) is 0.980. The Morgan fingerprint density at radius 1 is 1.40 bits per heavy atom. The molecule has 1 N–H and O–H groups in total. The van der Waals surface area contributed by atoms with Crippen LogP contribution in [0.15, 0.2) is 18.2 Å². The Hall–Kier alpha value is -0.840. The monoisotopic (exact) mass is 337 g/mol. The summed E-state index contributed by atoms with van der Waals surface area (Å²) in [6, 6.07) is 4.98. The number of halogens is 3. The number of fused-ring (bicyclic) bond motifs is 1. The van der Waals surface area contributed by atoms with Crippen LogP contribution in [0.3, 0.4) is 0 Å². The van der Waals surface area contributed by atoms with E-state index >= 15 is 0 Å². The molecule has 1 heterocycles. The Morgan fingerprint density at radius 2 is 2.15 bits per heavy atom. The van der Waals surface area contributed by atoms with Crippen molar-refractivity contribution in [1.29, 1.82) is 0 Å². The summed E-state index contributed by atoms with van der Waals surface area (Å²) in [4.78, 5) is 12.0. The van der Waals surface area contributed by atoms with Crippen molar-refractivity contribution >= 4 is 40.7 Å². The number of alkyl halides is 3. The zero-order valence-corrected chi connectivity index (χ0v) is 13.1. The van der Waals surface area contributed by atoms with E-state index in [1.807, 2.05) is 0 Å². The average Bonchev–Trinajstić information content (AvgIpc) is 2.38. The molecule has 0 saturated carbocycles. The number of benzene rings is 1. The third-order valence-corrected chi connectivity index (χ3v) is 3.36. The normalized spacial score (nSPS) is 18.0. The highest BCUT2D eigenvalue weighted by atomic mass is 35.6. The van der Waals surface area contributed by atoms with E-state index in [9.17, 15) is 4.79 Å². The molecule has 0 fully saturated rings. The van der Waals surface area contributed by atoms with E-state index < -0.39 is 10.0 Å². The second-order valence-electron chi connectivity index (χ2n) is 4.37. The van der Waals surface area contributed by atoms with E-state index in [1.165, 1.54) is 0 Å². The average molecular weight is 339 g/mol. The first-order valence-corrected chi connectivity index (χ1v) is 7.36. The van der Waals surface area contributed by atoms with Gasteiger partial charge in [-0.2, -0.15) is 0 Å². The van der Waals surface area contributed by atoms with Gasteiger partial charge in [-0.1, -0.05) is 48.1 Å². The quantitative estimate of drug-likeness (QED) is 0.673. The molecule has 0 aliphatic carbocycles. The Morgan fingerprint density at radius 3 is 2.80 bits per heavy atom. The van der Waals surface area contributed by atoms with Crippen molar-refractivity contribution in [3.63, 3.8) is 0 Å². The lowest BCUT2D eigenvalue weighted by Gasteiger charge is -2.31. The summed E-state index contributed by atoms with van der Waals surface area (Å²) in [7, 11) is 0. The number of nitrogens with one attached hydrogen (secondary N) is 1. The topological polar surface area (TPSA) is 47.6 Å². The molecule has 0 aromatic heterocycles. The molecule has 1 aliphatic rings. The van der Waals surface area contributed by atoms with Gasteiger partial charge >= 0.3 is 0 Å². The molecule has 4 nitrogen and oxygen atoms in total. The highest BCUT2D eigenvalue weighted by molar-refractivity contribution is 6.68. The van der Waals surface area contributed by atoms with Gasteiger partial charge in [-0.3, -0.25) is 4.79 Å². The number of ether oxygens (including phenoxy) is 2. The molecule has 0 saturated heterocycles. The molecule has 110 valence electrons. The predicted molar refractivity (Wildman–Crippen MR) is 79.0 cm³/mol. The first kappa shape index (κ1) is 15.5. The van der Waals surface area contributed by atoms with Crippen LogP contribution in [-0.4, -0.2) is 22.5 Å². The molecule has 7 heteroatoms. The number of carbonyl (C=O) groups excluding carboxylic acids is 1. The number of unbranched alkanes of at least 4 members (excludes halogenated alkanes) is 1. The SMILES string of the molecule is CCCCOc1ccc2c(c1)C(=O)NC(C(Cl)(Cl)Cl)O2. The van der Waals surface area contributed by atoms with E-state index in [0.717, 1.165) is 12.8 Å². The third kappa shape index (κ3) is 3.62. The van der Waals surface area contributed by atoms with E-state index in [1.54, 1.807) is 18.2 Å². The van der Waals surface area contributed by atoms with Crippen LogP contribution >= 0.6 is 34.8 Å². The summed E-state index contributed by atoms with van der Waals surface area (Å²) in [6.45, 7) is 2.68. The molecule has 1 aromatic rings. The summed E-state index contributed by atoms with van der Waals surface area (Å²) in [5.74, 6) is 0.625. The fraction of sp³-hybridized carbons (Fsp3) is 0.462. The van der Waals surface area contributed by atoms with Crippen LogP contribution < -0.4 is 14.8 Å². The van der Waals surface area contributed by atoms with Crippen molar-refractivity contribution in [2.75, 3.05) is 6.61 Å². The molecule has 2 rings (SSSR count). The lowest BCUT2D eigenvalue weighted by atomic mass is 10.1. The molecule has 1 aliphatic heterocycles. The Bertz CT molecular complexity index is 502. The van der Waals surface area contributed by atoms with Crippen molar-refractivity contribution in [3.05, 3.63) is 23.8 Å². The zero-order chi connectivity index (χ0) is 14.8. The molecule has 1 atom stereocenters. The van der Waals surface area contributed by atoms with Crippen LogP contribution in [0.4, 0.5) is 0 Å². The number of hydrogen-bond acceptors (Lipinski definition) is 3. The second kappa shape index (κ2) is 6.29. The number of carbonyl (C=O) groups is 1. The molecule has 1 aromatic carbocycles. The van der Waals surface area contributed by atoms with E-state index in [-0.39, 0.29) is 5.91 Å². The van der Waals surface area contributed by atoms with Crippen LogP contribution in [0.1, 0.15) is 30.1 Å². The summed E-state index contributed by atoms with van der Waals surface area (Å²) >= 11 is 17.2. The molecule has 0 radical (unpaired) electrons. The maximum atomic E-state index is 12.0. The molecule has 0 spiro atoms. The largest absolute Gasteiger partial charge is 0.494 e. The van der Waals surface area contributed by atoms with Crippen molar-refractivity contribution in [2.24, 2.45) is 0 Å². The van der Waals surface area contributed by atoms with Crippen LogP contribution in [0, 0.1) is 0 Å². The van der Waals surface area contributed by atoms with Gasteiger partial charge in [-0.25, -0.2) is 0 Å². The van der Waals surface area contributed by atoms with Gasteiger partial charge in [0.15, 0.2) is 0 Å². The molecule has 20 heavy (non-hydrogen) atoms. The van der Waals surface area contributed by atoms with E-state index in [0.29, 0.717) is 23.7 Å². The van der Waals surface area contributed by atoms with Gasteiger partial charge in [-0.15, -0.1) is 0 Å². The molecular formula is C13H14Cl3NO3. The highest BCUT2D eigenvalue weighted by Gasteiger charge is 2.40. The molecule has 1 amide bonds. The Kier molecular flexibility index (Phi) is 4.89. The van der Waals surface area contributed by atoms with Crippen LogP contribution in [0.5, 0.6) is 11.5 Å². The van der Waals surface area contributed by atoms with Crippen molar-refractivity contribution in [3.8, 4) is 11.5 Å². The van der Waals surface area contributed by atoms with E-state index in [4.69, 9.17) is 44.3 Å². The first-order chi connectivity index (χ1) is 9.41. The maximum absolute atomic E-state index is 12.0. The Balaban J connectivity index is 2.15. The number of rotatable bonds is 4. The van der Waals surface area contributed by atoms with Crippen LogP contribution in [0.2, 0.25) is 0 Å². The molecular weight excluding hydrogens is 325 g/mol. The lowest BCUT2D eigenvalue weighted by Crippen LogP contribution is -2.50. The predicted octanol–water partition coefficient (Wildman–Crippen LogP) is 3.68. The van der Waals surface area contributed by atoms with Gasteiger partial charge in [0.2, 0.25) is 10.0 Å². The fourth-order valence-corrected chi connectivity index (χ4v) is 2.01. The van der Waals surface area contributed by atoms with Crippen LogP contribution in [0.25, 0.3) is 0 Å². The van der Waals surface area contributed by atoms with Gasteiger partial charge in [0.1, 0.15) is 11.5 Å². The van der Waals surface area contributed by atoms with Gasteiger partial charge in [0.05, 0.1) is 12.2 Å². The third-order valence-electron chi connectivity index (χ3n) is 2.77. The molecule has 1 unspecified atom stereocenters. The van der Waals surface area contributed by atoms with Crippen molar-refractivity contribution < 1.29 is 14.3 Å². The minimum Gasteiger partial charge on any atom is -0.494 e. The second-order valence-corrected chi connectivity index (χ2v) is 6.74. The fourth-order valence-electron chi connectivity index (χ4n) is 1.72. The van der Waals surface area contributed by atoms with Gasteiger partial charge in [0, 0.05) is 0 Å². The van der Waals surface area contributed by atoms with Gasteiger partial charge < -0.3 is 14.8 Å². The lowest BCUT2D eigenvalue weighted by molar-refractivity contribution is 0.0762. The first-order valence-electron chi connectivity index (χ1n) is 6.23. The summed E-state index contributed by atoms with van der Waals surface area (Å²) in [5, 5.41) is 2.49. The van der Waals surface area contributed by atoms with Gasteiger partial charge in [-0.05, 0) is 24.6 Å². The summed E-state index contributed by atoms with van der Waals surface area (Å²) in [5.41, 5.74) is 0.365. The maximum Gasteiger partial charge on any atom is 0.258 e. The zero-order valence-electron chi connectivity index (χ0n) is 10.8. The standard InChI is InChI=1S/C13H14Cl3NO3/c1-2-3-6-19-8-4-5-10-9(7-8)11(18)17-12(20-10)13(14,15)16/h4-5,7,12H,2-3,6H2,1H3,(H,17,18).